The van der Waals surface area contributed by atoms with Gasteiger partial charge < -0.3 is 4.90 Å². The van der Waals surface area contributed by atoms with Crippen molar-refractivity contribution in [1.29, 1.82) is 0 Å². The third kappa shape index (κ3) is 3.12. The van der Waals surface area contributed by atoms with Gasteiger partial charge in [0.25, 0.3) is 5.91 Å². The Hall–Kier alpha value is -2.17. The molecule has 1 aliphatic carbocycles. The SMILES string of the molecule is C[C@@H](C1CC1)N(C)C(=O)c1ccc(Cn2cncn2)cc1. The molecule has 1 aliphatic rings. The van der Waals surface area contributed by atoms with Crippen molar-refractivity contribution < 1.29 is 4.79 Å². The van der Waals surface area contributed by atoms with Crippen LogP contribution in [0.5, 0.6) is 0 Å². The number of benzene rings is 1. The molecule has 5 heteroatoms. The van der Waals surface area contributed by atoms with E-state index in [-0.39, 0.29) is 5.91 Å². The third-order valence-electron chi connectivity index (χ3n) is 4.25. The first-order chi connectivity index (χ1) is 10.1. The fourth-order valence-corrected chi connectivity index (χ4v) is 2.54. The Morgan fingerprint density at radius 3 is 2.67 bits per heavy atom. The minimum absolute atomic E-state index is 0.0988. The fraction of sp³-hybridized carbons (Fsp3) is 0.438. The minimum atomic E-state index is 0.0988. The predicted octanol–water partition coefficient (Wildman–Crippen LogP) is 2.20. The first-order valence-corrected chi connectivity index (χ1v) is 7.33. The molecule has 110 valence electrons. The Kier molecular flexibility index (Phi) is 3.73. The number of aromatic nitrogens is 3. The zero-order valence-electron chi connectivity index (χ0n) is 12.4. The maximum atomic E-state index is 12.4. The second-order valence-electron chi connectivity index (χ2n) is 5.78. The van der Waals surface area contributed by atoms with E-state index < -0.39 is 0 Å². The van der Waals surface area contributed by atoms with E-state index >= 15 is 0 Å². The quantitative estimate of drug-likeness (QED) is 0.845. The molecule has 1 saturated carbocycles. The molecule has 0 aliphatic heterocycles. The van der Waals surface area contributed by atoms with E-state index in [9.17, 15) is 4.79 Å². The van der Waals surface area contributed by atoms with Crippen LogP contribution in [0.1, 0.15) is 35.7 Å². The van der Waals surface area contributed by atoms with Crippen molar-refractivity contribution in [3.63, 3.8) is 0 Å². The van der Waals surface area contributed by atoms with Gasteiger partial charge in [-0.15, -0.1) is 0 Å². The summed E-state index contributed by atoms with van der Waals surface area (Å²) in [7, 11) is 1.90. The van der Waals surface area contributed by atoms with E-state index in [2.05, 4.69) is 17.0 Å². The van der Waals surface area contributed by atoms with Crippen LogP contribution < -0.4 is 0 Å². The van der Waals surface area contributed by atoms with E-state index in [1.54, 1.807) is 11.0 Å². The Bertz CT molecular complexity index is 602. The molecule has 1 heterocycles. The molecule has 0 saturated heterocycles. The molecule has 1 atom stereocenters. The molecule has 21 heavy (non-hydrogen) atoms. The Balaban J connectivity index is 1.66. The van der Waals surface area contributed by atoms with Gasteiger partial charge in [0.05, 0.1) is 6.54 Å². The van der Waals surface area contributed by atoms with Crippen molar-refractivity contribution >= 4 is 5.91 Å². The van der Waals surface area contributed by atoms with Gasteiger partial charge in [-0.2, -0.15) is 5.10 Å². The van der Waals surface area contributed by atoms with Crippen LogP contribution in [0.4, 0.5) is 0 Å². The molecule has 1 fully saturated rings. The van der Waals surface area contributed by atoms with Crippen LogP contribution in [0.25, 0.3) is 0 Å². The molecule has 0 spiro atoms. The summed E-state index contributed by atoms with van der Waals surface area (Å²) in [5.74, 6) is 0.784. The van der Waals surface area contributed by atoms with E-state index in [1.807, 2.05) is 36.2 Å². The van der Waals surface area contributed by atoms with Crippen LogP contribution >= 0.6 is 0 Å². The second-order valence-corrected chi connectivity index (χ2v) is 5.78. The molecule has 1 aromatic heterocycles. The largest absolute Gasteiger partial charge is 0.339 e. The lowest BCUT2D eigenvalue weighted by molar-refractivity contribution is 0.0727. The van der Waals surface area contributed by atoms with Crippen LogP contribution in [0, 0.1) is 5.92 Å². The van der Waals surface area contributed by atoms with Crippen molar-refractivity contribution in [2.45, 2.75) is 32.4 Å². The fourth-order valence-electron chi connectivity index (χ4n) is 2.54. The van der Waals surface area contributed by atoms with Gasteiger partial charge in [-0.05, 0) is 43.4 Å². The lowest BCUT2D eigenvalue weighted by Crippen LogP contribution is -2.36. The average Bonchev–Trinajstić information content (AvgIpc) is 3.24. The Morgan fingerprint density at radius 1 is 1.38 bits per heavy atom. The molecule has 0 N–H and O–H groups in total. The molecule has 0 radical (unpaired) electrons. The predicted molar refractivity (Wildman–Crippen MR) is 79.8 cm³/mol. The monoisotopic (exact) mass is 284 g/mol. The van der Waals surface area contributed by atoms with Gasteiger partial charge in [0.15, 0.2) is 0 Å². The Morgan fingerprint density at radius 2 is 2.10 bits per heavy atom. The zero-order valence-corrected chi connectivity index (χ0v) is 12.4. The summed E-state index contributed by atoms with van der Waals surface area (Å²) >= 11 is 0. The van der Waals surface area contributed by atoms with Gasteiger partial charge >= 0.3 is 0 Å². The lowest BCUT2D eigenvalue weighted by atomic mass is 10.1. The molecule has 0 bridgehead atoms. The maximum Gasteiger partial charge on any atom is 0.253 e. The van der Waals surface area contributed by atoms with Crippen molar-refractivity contribution in [3.05, 3.63) is 48.0 Å². The van der Waals surface area contributed by atoms with Crippen LogP contribution in [-0.2, 0) is 6.54 Å². The van der Waals surface area contributed by atoms with E-state index in [0.717, 1.165) is 11.1 Å². The standard InChI is InChI=1S/C16H20N4O/c1-12(14-7-8-14)19(2)16(21)15-5-3-13(4-6-15)9-20-11-17-10-18-20/h3-6,10-12,14H,7-9H2,1-2H3/t12-/m0/s1. The summed E-state index contributed by atoms with van der Waals surface area (Å²) in [6.07, 6.45) is 5.70. The first kappa shape index (κ1) is 13.8. The van der Waals surface area contributed by atoms with Gasteiger partial charge in [-0.3, -0.25) is 4.79 Å². The van der Waals surface area contributed by atoms with Crippen molar-refractivity contribution in [1.82, 2.24) is 19.7 Å². The number of carbonyl (C=O) groups is 1. The molecular weight excluding hydrogens is 264 g/mol. The Labute approximate surface area is 124 Å². The van der Waals surface area contributed by atoms with E-state index in [1.165, 1.54) is 19.2 Å². The van der Waals surface area contributed by atoms with Crippen LogP contribution in [0.2, 0.25) is 0 Å². The highest BCUT2D eigenvalue weighted by atomic mass is 16.2. The highest BCUT2D eigenvalue weighted by Gasteiger charge is 2.32. The summed E-state index contributed by atoms with van der Waals surface area (Å²) in [5, 5.41) is 4.08. The van der Waals surface area contributed by atoms with E-state index in [0.29, 0.717) is 18.5 Å². The number of amides is 1. The van der Waals surface area contributed by atoms with Crippen molar-refractivity contribution in [2.75, 3.05) is 7.05 Å². The number of rotatable bonds is 5. The van der Waals surface area contributed by atoms with E-state index in [4.69, 9.17) is 0 Å². The van der Waals surface area contributed by atoms with Crippen molar-refractivity contribution in [2.24, 2.45) is 5.92 Å². The van der Waals surface area contributed by atoms with Gasteiger partial charge in [0.2, 0.25) is 0 Å². The smallest absolute Gasteiger partial charge is 0.253 e. The summed E-state index contributed by atoms with van der Waals surface area (Å²) in [4.78, 5) is 18.2. The van der Waals surface area contributed by atoms with Gasteiger partial charge in [-0.1, -0.05) is 12.1 Å². The summed E-state index contributed by atoms with van der Waals surface area (Å²) in [5.41, 5.74) is 1.85. The number of nitrogens with zero attached hydrogens (tertiary/aromatic N) is 4. The summed E-state index contributed by atoms with van der Waals surface area (Å²) in [6, 6.07) is 8.07. The van der Waals surface area contributed by atoms with Crippen LogP contribution in [0.15, 0.2) is 36.9 Å². The van der Waals surface area contributed by atoms with Gasteiger partial charge in [0.1, 0.15) is 12.7 Å². The zero-order chi connectivity index (χ0) is 14.8. The molecule has 5 nitrogen and oxygen atoms in total. The highest BCUT2D eigenvalue weighted by molar-refractivity contribution is 5.94. The molecule has 0 unspecified atom stereocenters. The van der Waals surface area contributed by atoms with Gasteiger partial charge in [-0.25, -0.2) is 9.67 Å². The van der Waals surface area contributed by atoms with Crippen molar-refractivity contribution in [3.8, 4) is 0 Å². The highest BCUT2D eigenvalue weighted by Crippen LogP contribution is 2.35. The third-order valence-corrected chi connectivity index (χ3v) is 4.25. The molecule has 1 aromatic carbocycles. The second kappa shape index (κ2) is 5.68. The van der Waals surface area contributed by atoms with Gasteiger partial charge in [0, 0.05) is 18.7 Å². The summed E-state index contributed by atoms with van der Waals surface area (Å²) in [6.45, 7) is 2.80. The maximum absolute atomic E-state index is 12.4. The average molecular weight is 284 g/mol. The topological polar surface area (TPSA) is 51.0 Å². The molecule has 3 rings (SSSR count). The number of carbonyl (C=O) groups excluding carboxylic acids is 1. The number of hydrogen-bond donors (Lipinski definition) is 0. The number of hydrogen-bond acceptors (Lipinski definition) is 3. The lowest BCUT2D eigenvalue weighted by Gasteiger charge is -2.25. The summed E-state index contributed by atoms with van der Waals surface area (Å²) < 4.78 is 1.76. The molecule has 2 aromatic rings. The van der Waals surface area contributed by atoms with Crippen LogP contribution in [-0.4, -0.2) is 38.7 Å². The normalized spacial score (nSPS) is 15.7. The molecular formula is C16H20N4O. The molecule has 1 amide bonds. The minimum Gasteiger partial charge on any atom is -0.339 e. The first-order valence-electron chi connectivity index (χ1n) is 7.33. The van der Waals surface area contributed by atoms with Crippen LogP contribution in [0.3, 0.4) is 0 Å².